The number of hydrogen-bond acceptors (Lipinski definition) is 12. The van der Waals surface area contributed by atoms with Crippen molar-refractivity contribution in [3.8, 4) is 0 Å². The second kappa shape index (κ2) is 14.4. The van der Waals surface area contributed by atoms with Crippen LogP contribution >= 0.6 is 0 Å². The summed E-state index contributed by atoms with van der Waals surface area (Å²) in [5.41, 5.74) is 6.50. The van der Waals surface area contributed by atoms with Gasteiger partial charge in [-0.2, -0.15) is 10.1 Å². The average Bonchev–Trinajstić information content (AvgIpc) is 3.05. The lowest BCUT2D eigenvalue weighted by Crippen LogP contribution is -2.41. The highest BCUT2D eigenvalue weighted by molar-refractivity contribution is 8.01. The van der Waals surface area contributed by atoms with Crippen molar-refractivity contribution in [3.63, 3.8) is 0 Å². The van der Waals surface area contributed by atoms with Crippen LogP contribution in [0.5, 0.6) is 0 Å². The Balaban J connectivity index is 1.13. The van der Waals surface area contributed by atoms with E-state index in [9.17, 15) is 33.3 Å². The minimum atomic E-state index is -2.32. The van der Waals surface area contributed by atoms with Crippen molar-refractivity contribution < 1.29 is 23.7 Å². The van der Waals surface area contributed by atoms with E-state index in [4.69, 9.17) is 5.73 Å². The molecule has 3 heterocycles. The van der Waals surface area contributed by atoms with Crippen LogP contribution in [0.1, 0.15) is 28.9 Å². The van der Waals surface area contributed by atoms with Crippen LogP contribution in [0.3, 0.4) is 0 Å². The number of H-pyrrole nitrogens is 1. The van der Waals surface area contributed by atoms with E-state index in [0.29, 0.717) is 33.6 Å². The Morgan fingerprint density at radius 2 is 1.78 bits per heavy atom. The quantitative estimate of drug-likeness (QED) is 0.0832. The number of aromatic amines is 1. The number of aliphatic carboxylic acids is 1. The van der Waals surface area contributed by atoms with Crippen LogP contribution in [0.25, 0.3) is 21.9 Å². The number of carbonyl (C=O) groups excluding carboxylic acids is 2. The summed E-state index contributed by atoms with van der Waals surface area (Å²) in [4.78, 5) is 76.9. The van der Waals surface area contributed by atoms with Gasteiger partial charge in [-0.1, -0.05) is 0 Å². The van der Waals surface area contributed by atoms with Gasteiger partial charge in [0.15, 0.2) is 11.2 Å². The van der Waals surface area contributed by atoms with Crippen molar-refractivity contribution in [2.24, 2.45) is 0 Å². The van der Waals surface area contributed by atoms with Gasteiger partial charge in [-0.05, 0) is 61.4 Å². The van der Waals surface area contributed by atoms with Crippen LogP contribution in [-0.4, -0.2) is 81.1 Å². The molecule has 0 bridgehead atoms. The van der Waals surface area contributed by atoms with Crippen molar-refractivity contribution in [1.29, 1.82) is 0 Å². The zero-order valence-corrected chi connectivity index (χ0v) is 27.4. The molecule has 5 rings (SSSR count). The number of carbonyl (C=O) groups is 3. The summed E-state index contributed by atoms with van der Waals surface area (Å²) in [6.07, 6.45) is 5.84. The van der Waals surface area contributed by atoms with Gasteiger partial charge in [0.2, 0.25) is 11.9 Å². The first-order valence-corrected chi connectivity index (χ1v) is 17.8. The third-order valence-corrected chi connectivity index (χ3v) is 8.63. The second-order valence-electron chi connectivity index (χ2n) is 11.6. The number of amides is 2. The molecule has 0 unspecified atom stereocenters. The predicted octanol–water partition coefficient (Wildman–Crippen LogP) is 0.496. The van der Waals surface area contributed by atoms with Crippen LogP contribution in [-0.2, 0) is 32.6 Å². The maximum absolute atomic E-state index is 12.8. The van der Waals surface area contributed by atoms with Gasteiger partial charge in [-0.15, -0.1) is 9.93 Å². The maximum Gasteiger partial charge on any atom is 0.326 e. The summed E-state index contributed by atoms with van der Waals surface area (Å²) in [5, 5.41) is 22.9. The van der Waals surface area contributed by atoms with Gasteiger partial charge >= 0.3 is 5.97 Å². The van der Waals surface area contributed by atoms with E-state index in [1.807, 2.05) is 0 Å². The summed E-state index contributed by atoms with van der Waals surface area (Å²) in [5.74, 6) is -2.15. The minimum Gasteiger partial charge on any atom is -0.480 e. The Labute approximate surface area is 278 Å². The molecule has 0 saturated heterocycles. The zero-order chi connectivity index (χ0) is 35.3. The van der Waals surface area contributed by atoms with E-state index in [-0.39, 0.29) is 54.2 Å². The Bertz CT molecular complexity index is 2230. The third-order valence-electron chi connectivity index (χ3n) is 7.36. The number of fused-ring (bicyclic) bond motifs is 2. The van der Waals surface area contributed by atoms with E-state index < -0.39 is 39.3 Å². The molecule has 2 aromatic carbocycles. The second-order valence-corrected chi connectivity index (χ2v) is 15.2. The first-order valence-electron chi connectivity index (χ1n) is 15.0. The maximum atomic E-state index is 12.8. The fourth-order valence-electron chi connectivity index (χ4n) is 4.75. The fraction of sp³-hybridized carbons (Fsp3) is 0.258. The van der Waals surface area contributed by atoms with E-state index in [1.165, 1.54) is 29.2 Å². The molecular formula is C31H34N10O7S. The van der Waals surface area contributed by atoms with Gasteiger partial charge in [-0.3, -0.25) is 28.4 Å². The Hall–Kier alpha value is -6.04. The first kappa shape index (κ1) is 34.3. The van der Waals surface area contributed by atoms with Crippen molar-refractivity contribution in [1.82, 2.24) is 35.0 Å². The van der Waals surface area contributed by atoms with E-state index in [1.54, 1.807) is 42.8 Å². The van der Waals surface area contributed by atoms with Gasteiger partial charge in [-0.25, -0.2) is 19.4 Å². The van der Waals surface area contributed by atoms with Crippen molar-refractivity contribution in [2.45, 2.75) is 32.0 Å². The lowest BCUT2D eigenvalue weighted by atomic mass is 10.1. The molecule has 18 heteroatoms. The number of nitrogens with two attached hydrogens (primary N) is 1. The van der Waals surface area contributed by atoms with Crippen LogP contribution < -0.4 is 32.8 Å². The van der Waals surface area contributed by atoms with E-state index in [0.717, 1.165) is 0 Å². The molecule has 0 aliphatic carbocycles. The van der Waals surface area contributed by atoms with E-state index >= 15 is 0 Å². The lowest BCUT2D eigenvalue weighted by molar-refractivity contribution is -0.139. The number of anilines is 3. The van der Waals surface area contributed by atoms with Gasteiger partial charge in [0.05, 0.1) is 36.6 Å². The van der Waals surface area contributed by atoms with Crippen LogP contribution in [0.15, 0.2) is 64.4 Å². The molecular weight excluding hydrogens is 656 g/mol. The van der Waals surface area contributed by atoms with E-state index in [2.05, 4.69) is 41.0 Å². The standard InChI is InChI=1S/C31H34N10O7S/c1-49(2,48)12-11-41-29(45)22-8-7-20(13-18(22)14-35-41)36-24(42)10-9-23(30(46)47)38-27(43)17-3-5-19(6-4-17)33-15-21-16-34-26-25(37-21)28(44)40-31(32)39-26/h3-8,13-14,16,23,33,49H,9-12,15H2,1-2H3,(H,36,42)(H,38,43)(H,46,47)(H3,32,34,39,40,44)/t23-/m0/s1. The number of carboxylic acid groups (broad SMARTS) is 1. The molecule has 2 amide bonds. The smallest absolute Gasteiger partial charge is 0.326 e. The summed E-state index contributed by atoms with van der Waals surface area (Å²) < 4.78 is 13.3. The van der Waals surface area contributed by atoms with Crippen LogP contribution in [0, 0.1) is 0 Å². The lowest BCUT2D eigenvalue weighted by Gasteiger charge is -2.15. The molecule has 0 fully saturated rings. The molecule has 49 heavy (non-hydrogen) atoms. The number of aromatic nitrogens is 6. The average molecular weight is 691 g/mol. The summed E-state index contributed by atoms with van der Waals surface area (Å²) in [6.45, 7) is 0.435. The van der Waals surface area contributed by atoms with Gasteiger partial charge in [0.1, 0.15) is 6.04 Å². The fourth-order valence-corrected chi connectivity index (χ4v) is 5.42. The number of rotatable bonds is 13. The molecule has 17 nitrogen and oxygen atoms in total. The monoisotopic (exact) mass is 690 g/mol. The van der Waals surface area contributed by atoms with Gasteiger partial charge < -0.3 is 26.8 Å². The molecule has 0 aliphatic heterocycles. The topological polar surface area (TPSA) is 257 Å². The highest BCUT2D eigenvalue weighted by Crippen LogP contribution is 2.17. The third kappa shape index (κ3) is 8.86. The molecule has 0 saturated carbocycles. The Morgan fingerprint density at radius 3 is 2.49 bits per heavy atom. The highest BCUT2D eigenvalue weighted by Gasteiger charge is 2.22. The molecule has 1 atom stereocenters. The Morgan fingerprint density at radius 1 is 1.04 bits per heavy atom. The largest absolute Gasteiger partial charge is 0.480 e. The summed E-state index contributed by atoms with van der Waals surface area (Å²) >= 11 is 0. The zero-order valence-electron chi connectivity index (χ0n) is 26.5. The number of thiol groups is 1. The molecule has 0 spiro atoms. The summed E-state index contributed by atoms with van der Waals surface area (Å²) in [7, 11) is -2.32. The molecule has 0 aliphatic rings. The van der Waals surface area contributed by atoms with Crippen molar-refractivity contribution >= 4 is 67.0 Å². The minimum absolute atomic E-state index is 0.0451. The summed E-state index contributed by atoms with van der Waals surface area (Å²) in [6, 6.07) is 9.58. The number of nitrogens with one attached hydrogen (secondary N) is 4. The molecule has 5 aromatic rings. The molecule has 0 radical (unpaired) electrons. The van der Waals surface area contributed by atoms with Crippen molar-refractivity contribution in [2.75, 3.05) is 34.6 Å². The first-order chi connectivity index (χ1) is 23.3. The number of nitrogen functional groups attached to an aromatic ring is 1. The molecule has 7 N–H and O–H groups in total. The number of nitrogens with zero attached hydrogens (tertiary/aromatic N) is 5. The number of hydrogen-bond donors (Lipinski definition) is 7. The molecule has 3 aromatic heterocycles. The SMILES string of the molecule is C[SH](C)(=O)CCn1ncc2cc(NC(=O)CC[C@H](NC(=O)c3ccc(NCc4cnc5nc(N)[nH]c(=O)c5n4)cc3)C(=O)O)ccc2c1=O. The predicted molar refractivity (Wildman–Crippen MR) is 185 cm³/mol. The van der Waals surface area contributed by atoms with Crippen LogP contribution in [0.4, 0.5) is 17.3 Å². The van der Waals surface area contributed by atoms with Gasteiger partial charge in [0.25, 0.3) is 17.0 Å². The van der Waals surface area contributed by atoms with Gasteiger partial charge in [0, 0.05) is 34.5 Å². The Kier molecular flexibility index (Phi) is 10.1. The van der Waals surface area contributed by atoms with Crippen molar-refractivity contribution in [3.05, 3.63) is 86.8 Å². The number of carboxylic acids is 1. The highest BCUT2D eigenvalue weighted by atomic mass is 32.2. The normalized spacial score (nSPS) is 12.4. The number of benzene rings is 2. The molecule has 256 valence electrons. The van der Waals surface area contributed by atoms with Crippen LogP contribution in [0.2, 0.25) is 0 Å². The number of aryl methyl sites for hydroxylation is 1.